The molecule has 0 aliphatic carbocycles. The van der Waals surface area contributed by atoms with Crippen molar-refractivity contribution < 1.29 is 23.5 Å². The summed E-state index contributed by atoms with van der Waals surface area (Å²) in [6.45, 7) is 2.83. The number of hydrogen-bond acceptors (Lipinski definition) is 5. The fourth-order valence-corrected chi connectivity index (χ4v) is 3.37. The Morgan fingerprint density at radius 2 is 1.45 bits per heavy atom. The van der Waals surface area contributed by atoms with Crippen LogP contribution in [0.15, 0.2) is 28.9 Å². The first kappa shape index (κ1) is 27.0. The van der Waals surface area contributed by atoms with Gasteiger partial charge in [0.15, 0.2) is 5.78 Å². The topological polar surface area (TPSA) is 65.7 Å². The molecule has 0 aliphatic heterocycles. The number of unbranched alkanes of at least 4 members (excludes halogenated alkanes) is 12. The van der Waals surface area contributed by atoms with Crippen LogP contribution >= 0.6 is 0 Å². The third-order valence-electron chi connectivity index (χ3n) is 5.33. The normalized spacial score (nSPS) is 11.2. The summed E-state index contributed by atoms with van der Waals surface area (Å²) in [5.41, 5.74) is 0.335. The van der Waals surface area contributed by atoms with Crippen LogP contribution in [0.4, 0.5) is 0 Å². The van der Waals surface area contributed by atoms with Crippen molar-refractivity contribution in [2.45, 2.75) is 103 Å². The van der Waals surface area contributed by atoms with Crippen molar-refractivity contribution in [3.8, 4) is 5.95 Å². The van der Waals surface area contributed by atoms with Gasteiger partial charge in [-0.3, -0.25) is 9.59 Å². The number of Topliss-reactive ketones (excluding diaryl/α,β-unsaturated/α-hetero) is 1. The van der Waals surface area contributed by atoms with E-state index in [1.165, 1.54) is 96.5 Å². The Morgan fingerprint density at radius 3 is 2.06 bits per heavy atom. The molecule has 0 spiro atoms. The molecule has 0 unspecified atom stereocenters. The molecule has 0 fully saturated rings. The minimum absolute atomic E-state index is 0.287. The van der Waals surface area contributed by atoms with Crippen LogP contribution in [0.3, 0.4) is 0 Å². The summed E-state index contributed by atoms with van der Waals surface area (Å²) in [5, 5.41) is 0. The lowest BCUT2D eigenvalue weighted by Crippen LogP contribution is -2.08. The zero-order chi connectivity index (χ0) is 22.6. The lowest BCUT2D eigenvalue weighted by Gasteiger charge is -2.03. The third kappa shape index (κ3) is 14.6. The number of ketones is 1. The van der Waals surface area contributed by atoms with E-state index in [1.54, 1.807) is 0 Å². The fraction of sp³-hybridized carbons (Fsp3) is 0.692. The molecule has 0 amide bonds. The summed E-state index contributed by atoms with van der Waals surface area (Å²) in [7, 11) is 1.26. The highest BCUT2D eigenvalue weighted by atomic mass is 16.6. The first-order chi connectivity index (χ1) is 15.2. The Balaban J connectivity index is 1.91. The second kappa shape index (κ2) is 18.7. The molecule has 0 radical (unpaired) electrons. The number of hydrogen-bond donors (Lipinski definition) is 0. The van der Waals surface area contributed by atoms with Crippen LogP contribution < -0.4 is 4.74 Å². The molecule has 0 bridgehead atoms. The van der Waals surface area contributed by atoms with Crippen molar-refractivity contribution in [3.63, 3.8) is 0 Å². The number of rotatable bonds is 20. The van der Waals surface area contributed by atoms with E-state index in [0.717, 1.165) is 12.8 Å². The molecular formula is C26H42O5. The molecule has 1 heterocycles. The number of furan rings is 1. The summed E-state index contributed by atoms with van der Waals surface area (Å²) in [5.74, 6) is -0.568. The molecule has 0 aromatic carbocycles. The van der Waals surface area contributed by atoms with Crippen molar-refractivity contribution in [1.82, 2.24) is 0 Å². The van der Waals surface area contributed by atoms with Crippen LogP contribution in [0.5, 0.6) is 5.95 Å². The van der Waals surface area contributed by atoms with E-state index in [2.05, 4.69) is 23.8 Å². The number of methoxy groups -OCH3 is 1. The van der Waals surface area contributed by atoms with Gasteiger partial charge in [-0.15, -0.1) is 0 Å². The molecule has 31 heavy (non-hydrogen) atoms. The molecule has 0 saturated heterocycles. The monoisotopic (exact) mass is 434 g/mol. The molecule has 5 nitrogen and oxygen atoms in total. The van der Waals surface area contributed by atoms with Crippen molar-refractivity contribution in [1.29, 1.82) is 0 Å². The van der Waals surface area contributed by atoms with Crippen LogP contribution in [-0.2, 0) is 9.53 Å². The van der Waals surface area contributed by atoms with Crippen LogP contribution in [-0.4, -0.2) is 25.5 Å². The Bertz CT molecular complexity index is 617. The summed E-state index contributed by atoms with van der Waals surface area (Å²) in [4.78, 5) is 23.0. The Kier molecular flexibility index (Phi) is 16.3. The quantitative estimate of drug-likeness (QED) is 0.0701. The molecule has 1 aromatic rings. The molecule has 5 heteroatoms. The van der Waals surface area contributed by atoms with E-state index >= 15 is 0 Å². The summed E-state index contributed by atoms with van der Waals surface area (Å²) >= 11 is 0. The standard InChI is InChI=1S/C26H42O5/c1-3-4-5-6-7-8-9-10-11-12-13-14-15-16-17-18-19-30-26-20-23(22-31-26)24(27)21-25(28)29-2/h10-11,20,22H,3-9,12-19,21H2,1-2H3. The van der Waals surface area contributed by atoms with Crippen molar-refractivity contribution in [3.05, 3.63) is 30.0 Å². The molecule has 1 aromatic heterocycles. The first-order valence-electron chi connectivity index (χ1n) is 12.1. The average molecular weight is 435 g/mol. The maximum atomic E-state index is 11.8. The molecule has 176 valence electrons. The van der Waals surface area contributed by atoms with Gasteiger partial charge in [0.2, 0.25) is 0 Å². The molecular weight excluding hydrogens is 392 g/mol. The SMILES string of the molecule is CCCCCCCCC=CCCCCCCCCOc1cc(C(=O)CC(=O)OC)co1. The van der Waals surface area contributed by atoms with Gasteiger partial charge in [-0.25, -0.2) is 0 Å². The predicted octanol–water partition coefficient (Wildman–Crippen LogP) is 7.44. The second-order valence-electron chi connectivity index (χ2n) is 8.12. The number of ether oxygens (including phenoxy) is 2. The average Bonchev–Trinajstić information content (AvgIpc) is 3.25. The van der Waals surface area contributed by atoms with E-state index in [0.29, 0.717) is 18.1 Å². The highest BCUT2D eigenvalue weighted by Gasteiger charge is 2.15. The van der Waals surface area contributed by atoms with E-state index in [9.17, 15) is 9.59 Å². The van der Waals surface area contributed by atoms with Gasteiger partial charge >= 0.3 is 5.97 Å². The number of carbonyl (C=O) groups excluding carboxylic acids is 2. The number of allylic oxidation sites excluding steroid dienone is 2. The Morgan fingerprint density at radius 1 is 0.871 bits per heavy atom. The van der Waals surface area contributed by atoms with Gasteiger partial charge in [0.25, 0.3) is 5.95 Å². The van der Waals surface area contributed by atoms with E-state index in [1.807, 2.05) is 0 Å². The van der Waals surface area contributed by atoms with Crippen molar-refractivity contribution in [2.75, 3.05) is 13.7 Å². The van der Waals surface area contributed by atoms with Gasteiger partial charge in [-0.1, -0.05) is 76.9 Å². The van der Waals surface area contributed by atoms with Crippen molar-refractivity contribution in [2.24, 2.45) is 0 Å². The van der Waals surface area contributed by atoms with Gasteiger partial charge in [0, 0.05) is 6.07 Å². The van der Waals surface area contributed by atoms with Crippen LogP contribution in [0.1, 0.15) is 114 Å². The first-order valence-corrected chi connectivity index (χ1v) is 12.1. The van der Waals surface area contributed by atoms with E-state index < -0.39 is 5.97 Å². The van der Waals surface area contributed by atoms with Crippen LogP contribution in [0, 0.1) is 0 Å². The maximum absolute atomic E-state index is 11.8. The van der Waals surface area contributed by atoms with Gasteiger partial charge < -0.3 is 13.9 Å². The Hall–Kier alpha value is -2.04. The highest BCUT2D eigenvalue weighted by molar-refractivity contribution is 6.05. The summed E-state index contributed by atoms with van der Waals surface area (Å²) in [6.07, 6.45) is 23.5. The van der Waals surface area contributed by atoms with Gasteiger partial charge in [-0.2, -0.15) is 0 Å². The number of esters is 1. The molecule has 0 aliphatic rings. The Labute approximate surface area is 188 Å². The summed E-state index contributed by atoms with van der Waals surface area (Å²) < 4.78 is 15.3. The maximum Gasteiger partial charge on any atom is 0.313 e. The van der Waals surface area contributed by atoms with Gasteiger partial charge in [0.1, 0.15) is 12.7 Å². The van der Waals surface area contributed by atoms with E-state index in [4.69, 9.17) is 9.15 Å². The minimum atomic E-state index is -0.558. The zero-order valence-electron chi connectivity index (χ0n) is 19.7. The molecule has 0 atom stereocenters. The second-order valence-corrected chi connectivity index (χ2v) is 8.12. The smallest absolute Gasteiger partial charge is 0.313 e. The molecule has 0 N–H and O–H groups in total. The van der Waals surface area contributed by atoms with Crippen LogP contribution in [0.2, 0.25) is 0 Å². The van der Waals surface area contributed by atoms with Crippen molar-refractivity contribution >= 4 is 11.8 Å². The third-order valence-corrected chi connectivity index (χ3v) is 5.33. The van der Waals surface area contributed by atoms with Crippen LogP contribution in [0.25, 0.3) is 0 Å². The van der Waals surface area contributed by atoms with Gasteiger partial charge in [-0.05, 0) is 32.1 Å². The largest absolute Gasteiger partial charge is 0.469 e. The zero-order valence-corrected chi connectivity index (χ0v) is 19.7. The summed E-state index contributed by atoms with van der Waals surface area (Å²) in [6, 6.07) is 1.53. The number of carbonyl (C=O) groups is 2. The molecule has 1 rings (SSSR count). The molecule has 0 saturated carbocycles. The highest BCUT2D eigenvalue weighted by Crippen LogP contribution is 2.18. The van der Waals surface area contributed by atoms with Gasteiger partial charge in [0.05, 0.1) is 19.3 Å². The fourth-order valence-electron chi connectivity index (χ4n) is 3.37. The lowest BCUT2D eigenvalue weighted by molar-refractivity contribution is -0.139. The van der Waals surface area contributed by atoms with E-state index in [-0.39, 0.29) is 12.2 Å². The lowest BCUT2D eigenvalue weighted by atomic mass is 10.1. The predicted molar refractivity (Wildman–Crippen MR) is 125 cm³/mol. The minimum Gasteiger partial charge on any atom is -0.469 e.